The lowest BCUT2D eigenvalue weighted by Gasteiger charge is -2.21. The molecule has 2 aliphatic heterocycles. The molecule has 0 atom stereocenters. The van der Waals surface area contributed by atoms with Crippen molar-refractivity contribution in [3.63, 3.8) is 0 Å². The number of fused-ring (bicyclic) bond motifs is 1. The summed E-state index contributed by atoms with van der Waals surface area (Å²) in [6.45, 7) is 3.79. The average Bonchev–Trinajstić information content (AvgIpc) is 2.88. The molecule has 0 amide bonds. The van der Waals surface area contributed by atoms with Crippen molar-refractivity contribution in [1.29, 1.82) is 0 Å². The van der Waals surface area contributed by atoms with E-state index < -0.39 is 0 Å². The lowest BCUT2D eigenvalue weighted by atomic mass is 10.1. The molecule has 0 fully saturated rings. The van der Waals surface area contributed by atoms with Gasteiger partial charge in [-0.3, -0.25) is 4.99 Å². The van der Waals surface area contributed by atoms with Crippen LogP contribution in [-0.4, -0.2) is 36.8 Å². The number of hydrogen-bond acceptors (Lipinski definition) is 4. The minimum Gasteiger partial charge on any atom is -0.497 e. The maximum Gasteiger partial charge on any atom is 0.147 e. The zero-order valence-corrected chi connectivity index (χ0v) is 11.8. The molecule has 0 aromatic heterocycles. The molecule has 0 aliphatic carbocycles. The Morgan fingerprint density at radius 2 is 1.95 bits per heavy atom. The molecule has 3 rings (SSSR count). The molecule has 0 radical (unpaired) electrons. The third kappa shape index (κ3) is 2.49. The molecule has 0 saturated carbocycles. The van der Waals surface area contributed by atoms with E-state index in [0.717, 1.165) is 35.9 Å². The summed E-state index contributed by atoms with van der Waals surface area (Å²) in [4.78, 5) is 4.44. The predicted octanol–water partition coefficient (Wildman–Crippen LogP) is 2.50. The van der Waals surface area contributed by atoms with Gasteiger partial charge in [0.05, 0.1) is 25.9 Å². The van der Waals surface area contributed by atoms with E-state index in [1.54, 1.807) is 7.11 Å². The number of benzene rings is 1. The summed E-state index contributed by atoms with van der Waals surface area (Å²) in [5.41, 5.74) is 3.26. The van der Waals surface area contributed by atoms with Gasteiger partial charge in [-0.25, -0.2) is 5.01 Å². The van der Waals surface area contributed by atoms with Gasteiger partial charge >= 0.3 is 0 Å². The SMILES string of the molecule is COc1ccc(C2=NN3CCN=C3C(C)=C2)cc1.Cl. The number of allylic oxidation sites excluding steroid dienone is 1. The zero-order chi connectivity index (χ0) is 12.5. The Bertz CT molecular complexity index is 561. The third-order valence-corrected chi connectivity index (χ3v) is 3.14. The molecule has 0 spiro atoms. The third-order valence-electron chi connectivity index (χ3n) is 3.14. The van der Waals surface area contributed by atoms with Crippen molar-refractivity contribution in [2.75, 3.05) is 20.2 Å². The summed E-state index contributed by atoms with van der Waals surface area (Å²) in [6.07, 6.45) is 2.09. The first-order chi connectivity index (χ1) is 8.78. The number of ether oxygens (including phenoxy) is 1. The van der Waals surface area contributed by atoms with Crippen molar-refractivity contribution in [2.24, 2.45) is 10.1 Å². The van der Waals surface area contributed by atoms with Gasteiger partial charge in [0, 0.05) is 5.56 Å². The molecular formula is C14H16ClN3O. The van der Waals surface area contributed by atoms with Crippen LogP contribution in [0, 0.1) is 0 Å². The van der Waals surface area contributed by atoms with Gasteiger partial charge in [0.1, 0.15) is 11.6 Å². The van der Waals surface area contributed by atoms with Crippen LogP contribution in [0.25, 0.3) is 0 Å². The molecule has 0 saturated heterocycles. The summed E-state index contributed by atoms with van der Waals surface area (Å²) in [5.74, 6) is 1.87. The number of hydrogen-bond donors (Lipinski definition) is 0. The van der Waals surface area contributed by atoms with Crippen molar-refractivity contribution in [3.8, 4) is 5.75 Å². The van der Waals surface area contributed by atoms with E-state index >= 15 is 0 Å². The Labute approximate surface area is 118 Å². The molecule has 0 bridgehead atoms. The highest BCUT2D eigenvalue weighted by Crippen LogP contribution is 2.20. The maximum absolute atomic E-state index is 5.16. The molecule has 1 aromatic rings. The van der Waals surface area contributed by atoms with E-state index in [0.29, 0.717) is 0 Å². The second-order valence-corrected chi connectivity index (χ2v) is 4.37. The Morgan fingerprint density at radius 3 is 2.63 bits per heavy atom. The largest absolute Gasteiger partial charge is 0.497 e. The quantitative estimate of drug-likeness (QED) is 0.833. The highest BCUT2D eigenvalue weighted by molar-refractivity contribution is 6.16. The minimum atomic E-state index is 0. The molecular weight excluding hydrogens is 262 g/mol. The van der Waals surface area contributed by atoms with Crippen LogP contribution in [0.4, 0.5) is 0 Å². The predicted molar refractivity (Wildman–Crippen MR) is 79.5 cm³/mol. The Morgan fingerprint density at radius 1 is 1.21 bits per heavy atom. The molecule has 19 heavy (non-hydrogen) atoms. The van der Waals surface area contributed by atoms with Gasteiger partial charge < -0.3 is 4.74 Å². The summed E-state index contributed by atoms with van der Waals surface area (Å²) in [7, 11) is 1.67. The number of hydrazone groups is 1. The molecule has 4 nitrogen and oxygen atoms in total. The lowest BCUT2D eigenvalue weighted by Crippen LogP contribution is -2.28. The van der Waals surface area contributed by atoms with E-state index in [2.05, 4.69) is 23.1 Å². The molecule has 1 aromatic carbocycles. The molecule has 2 heterocycles. The zero-order valence-electron chi connectivity index (χ0n) is 11.0. The first-order valence-electron chi connectivity index (χ1n) is 6.01. The minimum absolute atomic E-state index is 0. The highest BCUT2D eigenvalue weighted by atomic mass is 35.5. The Balaban J connectivity index is 0.00000133. The number of nitrogens with zero attached hydrogens (tertiary/aromatic N) is 3. The second-order valence-electron chi connectivity index (χ2n) is 4.37. The maximum atomic E-state index is 5.16. The van der Waals surface area contributed by atoms with Crippen molar-refractivity contribution in [2.45, 2.75) is 6.92 Å². The lowest BCUT2D eigenvalue weighted by molar-refractivity contribution is 0.415. The fraction of sp³-hybridized carbons (Fsp3) is 0.286. The Hall–Kier alpha value is -1.81. The van der Waals surface area contributed by atoms with E-state index in [1.165, 1.54) is 5.57 Å². The number of rotatable bonds is 2. The van der Waals surface area contributed by atoms with Crippen LogP contribution in [0.15, 0.2) is 46.0 Å². The van der Waals surface area contributed by atoms with Crippen molar-refractivity contribution < 1.29 is 4.74 Å². The van der Waals surface area contributed by atoms with Crippen molar-refractivity contribution in [1.82, 2.24) is 5.01 Å². The smallest absolute Gasteiger partial charge is 0.147 e. The van der Waals surface area contributed by atoms with E-state index in [4.69, 9.17) is 4.74 Å². The van der Waals surface area contributed by atoms with Crippen LogP contribution in [0.5, 0.6) is 5.75 Å². The van der Waals surface area contributed by atoms with Gasteiger partial charge in [-0.05, 0) is 42.8 Å². The Kier molecular flexibility index (Phi) is 3.90. The number of aliphatic imine (C=N–C) groups is 1. The van der Waals surface area contributed by atoms with Crippen molar-refractivity contribution in [3.05, 3.63) is 41.5 Å². The summed E-state index contributed by atoms with van der Waals surface area (Å²) >= 11 is 0. The fourth-order valence-corrected chi connectivity index (χ4v) is 2.20. The molecule has 0 unspecified atom stereocenters. The van der Waals surface area contributed by atoms with Gasteiger partial charge in [0.2, 0.25) is 0 Å². The van der Waals surface area contributed by atoms with Gasteiger partial charge in [0.15, 0.2) is 0 Å². The summed E-state index contributed by atoms with van der Waals surface area (Å²) < 4.78 is 5.16. The fourth-order valence-electron chi connectivity index (χ4n) is 2.20. The summed E-state index contributed by atoms with van der Waals surface area (Å²) in [6, 6.07) is 7.96. The van der Waals surface area contributed by atoms with Crippen LogP contribution in [0.1, 0.15) is 12.5 Å². The molecule has 100 valence electrons. The first-order valence-corrected chi connectivity index (χ1v) is 6.01. The van der Waals surface area contributed by atoms with E-state index in [1.807, 2.05) is 29.3 Å². The molecule has 5 heteroatoms. The van der Waals surface area contributed by atoms with Gasteiger partial charge in [0.25, 0.3) is 0 Å². The van der Waals surface area contributed by atoms with Crippen LogP contribution in [-0.2, 0) is 0 Å². The van der Waals surface area contributed by atoms with Crippen molar-refractivity contribution >= 4 is 24.0 Å². The van der Waals surface area contributed by atoms with Crippen LogP contribution < -0.4 is 4.74 Å². The number of amidine groups is 1. The van der Waals surface area contributed by atoms with Crippen LogP contribution in [0.2, 0.25) is 0 Å². The standard InChI is InChI=1S/C14H15N3O.ClH/c1-10-9-13(16-17-8-7-15-14(10)17)11-3-5-12(18-2)6-4-11;/h3-6,9H,7-8H2,1-2H3;1H. The van der Waals surface area contributed by atoms with E-state index in [-0.39, 0.29) is 12.4 Å². The number of halogens is 1. The second kappa shape index (κ2) is 5.45. The topological polar surface area (TPSA) is 37.2 Å². The van der Waals surface area contributed by atoms with Gasteiger partial charge in [-0.1, -0.05) is 0 Å². The molecule has 0 N–H and O–H groups in total. The van der Waals surface area contributed by atoms with Gasteiger partial charge in [-0.2, -0.15) is 5.10 Å². The normalized spacial score (nSPS) is 16.9. The summed E-state index contributed by atoms with van der Waals surface area (Å²) in [5, 5.41) is 6.60. The first kappa shape index (κ1) is 13.6. The van der Waals surface area contributed by atoms with Crippen LogP contribution in [0.3, 0.4) is 0 Å². The average molecular weight is 278 g/mol. The number of methoxy groups -OCH3 is 1. The van der Waals surface area contributed by atoms with E-state index in [9.17, 15) is 0 Å². The van der Waals surface area contributed by atoms with Gasteiger partial charge in [-0.15, -0.1) is 12.4 Å². The van der Waals surface area contributed by atoms with Crippen LogP contribution >= 0.6 is 12.4 Å². The monoisotopic (exact) mass is 277 g/mol. The molecule has 2 aliphatic rings. The highest BCUT2D eigenvalue weighted by Gasteiger charge is 2.22.